The highest BCUT2D eigenvalue weighted by Crippen LogP contribution is 2.12. The predicted octanol–water partition coefficient (Wildman–Crippen LogP) is 3.05. The molecule has 0 atom stereocenters. The van der Waals surface area contributed by atoms with E-state index in [4.69, 9.17) is 9.47 Å². The maximum Gasteiger partial charge on any atom is 0.310 e. The third kappa shape index (κ3) is 6.04. The summed E-state index contributed by atoms with van der Waals surface area (Å²) in [6.45, 7) is 3.31. The van der Waals surface area contributed by atoms with Crippen molar-refractivity contribution in [2.24, 2.45) is 0 Å². The molecule has 0 aliphatic heterocycles. The first-order valence-electron chi connectivity index (χ1n) is 7.88. The molecule has 0 fully saturated rings. The first-order valence-corrected chi connectivity index (χ1v) is 8.76. The average Bonchev–Trinajstić information content (AvgIpc) is 3.11. The molecule has 128 valence electrons. The van der Waals surface area contributed by atoms with Crippen molar-refractivity contribution in [1.82, 2.24) is 5.32 Å². The van der Waals surface area contributed by atoms with Crippen LogP contribution in [0.1, 0.15) is 28.6 Å². The Balaban J connectivity index is 1.60. The van der Waals surface area contributed by atoms with Crippen LogP contribution in [0.3, 0.4) is 0 Å². The molecule has 1 aromatic heterocycles. The molecule has 0 aliphatic carbocycles. The fraction of sp³-hybridized carbons (Fsp3) is 0.333. The zero-order chi connectivity index (χ0) is 17.2. The SMILES string of the molecule is CCOc1ccc(CC(=O)OCCCNC(=O)c2cccs2)cc1. The third-order valence-electron chi connectivity index (χ3n) is 3.20. The number of carbonyl (C=O) groups is 2. The lowest BCUT2D eigenvalue weighted by atomic mass is 10.1. The van der Waals surface area contributed by atoms with Gasteiger partial charge < -0.3 is 14.8 Å². The Bertz CT molecular complexity index is 638. The number of amides is 1. The fourth-order valence-electron chi connectivity index (χ4n) is 2.04. The summed E-state index contributed by atoms with van der Waals surface area (Å²) in [6, 6.07) is 11.0. The summed E-state index contributed by atoms with van der Waals surface area (Å²) in [5.41, 5.74) is 0.884. The van der Waals surface area contributed by atoms with Gasteiger partial charge >= 0.3 is 5.97 Å². The van der Waals surface area contributed by atoms with Crippen molar-refractivity contribution in [3.05, 3.63) is 52.2 Å². The molecule has 0 unspecified atom stereocenters. The van der Waals surface area contributed by atoms with Gasteiger partial charge in [-0.3, -0.25) is 9.59 Å². The van der Waals surface area contributed by atoms with Gasteiger partial charge in [0, 0.05) is 6.54 Å². The molecule has 6 heteroatoms. The predicted molar refractivity (Wildman–Crippen MR) is 93.5 cm³/mol. The molecule has 5 nitrogen and oxygen atoms in total. The van der Waals surface area contributed by atoms with Crippen LogP contribution in [-0.2, 0) is 16.0 Å². The first-order chi connectivity index (χ1) is 11.7. The van der Waals surface area contributed by atoms with Crippen molar-refractivity contribution in [3.8, 4) is 5.75 Å². The second-order valence-corrected chi connectivity index (χ2v) is 6.01. The molecule has 0 saturated heterocycles. The van der Waals surface area contributed by atoms with E-state index in [2.05, 4.69) is 5.32 Å². The van der Waals surface area contributed by atoms with Gasteiger partial charge in [-0.15, -0.1) is 11.3 Å². The van der Waals surface area contributed by atoms with Crippen LogP contribution < -0.4 is 10.1 Å². The van der Waals surface area contributed by atoms with Crippen molar-refractivity contribution in [3.63, 3.8) is 0 Å². The summed E-state index contributed by atoms with van der Waals surface area (Å²) >= 11 is 1.40. The summed E-state index contributed by atoms with van der Waals surface area (Å²) in [7, 11) is 0. The topological polar surface area (TPSA) is 64.6 Å². The minimum absolute atomic E-state index is 0.0919. The lowest BCUT2D eigenvalue weighted by Gasteiger charge is -2.07. The number of benzene rings is 1. The van der Waals surface area contributed by atoms with Gasteiger partial charge in [0.05, 0.1) is 24.5 Å². The van der Waals surface area contributed by atoms with E-state index in [9.17, 15) is 9.59 Å². The normalized spacial score (nSPS) is 10.2. The largest absolute Gasteiger partial charge is 0.494 e. The number of esters is 1. The van der Waals surface area contributed by atoms with Crippen molar-refractivity contribution in [1.29, 1.82) is 0 Å². The van der Waals surface area contributed by atoms with E-state index in [1.807, 2.05) is 42.6 Å². The number of ether oxygens (including phenoxy) is 2. The molecule has 0 spiro atoms. The lowest BCUT2D eigenvalue weighted by molar-refractivity contribution is -0.142. The summed E-state index contributed by atoms with van der Waals surface area (Å²) < 4.78 is 10.5. The molecule has 1 aromatic carbocycles. The van der Waals surface area contributed by atoms with Crippen molar-refractivity contribution in [2.45, 2.75) is 19.8 Å². The quantitative estimate of drug-likeness (QED) is 0.559. The van der Waals surface area contributed by atoms with Crippen molar-refractivity contribution >= 4 is 23.2 Å². The Kier molecular flexibility index (Phi) is 7.29. The zero-order valence-corrected chi connectivity index (χ0v) is 14.4. The molecule has 1 N–H and O–H groups in total. The number of thiophene rings is 1. The standard InChI is InChI=1S/C18H21NO4S/c1-2-22-15-8-6-14(7-9-15)13-17(20)23-11-4-10-19-18(21)16-5-3-12-24-16/h3,5-9,12H,2,4,10-11,13H2,1H3,(H,19,21). The molecule has 1 heterocycles. The van der Waals surface area contributed by atoms with Crippen LogP contribution in [0, 0.1) is 0 Å². The van der Waals surface area contributed by atoms with Crippen LogP contribution in [-0.4, -0.2) is 31.6 Å². The van der Waals surface area contributed by atoms with Gasteiger partial charge in [-0.05, 0) is 42.5 Å². The summed E-state index contributed by atoms with van der Waals surface area (Å²) in [4.78, 5) is 24.1. The summed E-state index contributed by atoms with van der Waals surface area (Å²) in [5.74, 6) is 0.422. The van der Waals surface area contributed by atoms with E-state index in [-0.39, 0.29) is 18.3 Å². The molecule has 0 aliphatic rings. The van der Waals surface area contributed by atoms with E-state index >= 15 is 0 Å². The van der Waals surface area contributed by atoms with Crippen LogP contribution in [0.25, 0.3) is 0 Å². The second kappa shape index (κ2) is 9.72. The van der Waals surface area contributed by atoms with Crippen LogP contribution in [0.2, 0.25) is 0 Å². The van der Waals surface area contributed by atoms with E-state index in [0.29, 0.717) is 31.1 Å². The number of rotatable bonds is 9. The number of hydrogen-bond acceptors (Lipinski definition) is 5. The van der Waals surface area contributed by atoms with Gasteiger partial charge in [0.25, 0.3) is 5.91 Å². The van der Waals surface area contributed by atoms with Crippen LogP contribution in [0.5, 0.6) is 5.75 Å². The van der Waals surface area contributed by atoms with Crippen molar-refractivity contribution in [2.75, 3.05) is 19.8 Å². The van der Waals surface area contributed by atoms with E-state index in [0.717, 1.165) is 11.3 Å². The van der Waals surface area contributed by atoms with E-state index in [1.165, 1.54) is 11.3 Å². The highest BCUT2D eigenvalue weighted by molar-refractivity contribution is 7.12. The Morgan fingerprint density at radius 2 is 1.96 bits per heavy atom. The maximum absolute atomic E-state index is 11.8. The van der Waals surface area contributed by atoms with Gasteiger partial charge in [0.2, 0.25) is 0 Å². The lowest BCUT2D eigenvalue weighted by Crippen LogP contribution is -2.24. The minimum Gasteiger partial charge on any atom is -0.494 e. The molecular formula is C18H21NO4S. The molecule has 24 heavy (non-hydrogen) atoms. The molecule has 0 radical (unpaired) electrons. The Morgan fingerprint density at radius 1 is 1.17 bits per heavy atom. The van der Waals surface area contributed by atoms with Crippen LogP contribution in [0.15, 0.2) is 41.8 Å². The molecule has 2 rings (SSSR count). The molecular weight excluding hydrogens is 326 g/mol. The van der Waals surface area contributed by atoms with E-state index < -0.39 is 0 Å². The molecule has 0 saturated carbocycles. The van der Waals surface area contributed by atoms with Crippen LogP contribution in [0.4, 0.5) is 0 Å². The van der Waals surface area contributed by atoms with Gasteiger partial charge in [-0.25, -0.2) is 0 Å². The molecule has 1 amide bonds. The Morgan fingerprint density at radius 3 is 2.62 bits per heavy atom. The monoisotopic (exact) mass is 347 g/mol. The third-order valence-corrected chi connectivity index (χ3v) is 4.07. The molecule has 0 bridgehead atoms. The van der Waals surface area contributed by atoms with Gasteiger partial charge in [-0.2, -0.15) is 0 Å². The highest BCUT2D eigenvalue weighted by atomic mass is 32.1. The number of hydrogen-bond donors (Lipinski definition) is 1. The van der Waals surface area contributed by atoms with Crippen LogP contribution >= 0.6 is 11.3 Å². The number of nitrogens with one attached hydrogen (secondary N) is 1. The fourth-order valence-corrected chi connectivity index (χ4v) is 2.68. The second-order valence-electron chi connectivity index (χ2n) is 5.06. The van der Waals surface area contributed by atoms with Gasteiger partial charge in [0.15, 0.2) is 0 Å². The maximum atomic E-state index is 11.8. The molecule has 2 aromatic rings. The number of carbonyl (C=O) groups excluding carboxylic acids is 2. The highest BCUT2D eigenvalue weighted by Gasteiger charge is 2.07. The van der Waals surface area contributed by atoms with Gasteiger partial charge in [-0.1, -0.05) is 18.2 Å². The summed E-state index contributed by atoms with van der Waals surface area (Å²) in [6.07, 6.45) is 0.820. The Hall–Kier alpha value is -2.34. The minimum atomic E-state index is -0.274. The summed E-state index contributed by atoms with van der Waals surface area (Å²) in [5, 5.41) is 4.65. The smallest absolute Gasteiger partial charge is 0.310 e. The van der Waals surface area contributed by atoms with Crippen molar-refractivity contribution < 1.29 is 19.1 Å². The van der Waals surface area contributed by atoms with E-state index in [1.54, 1.807) is 6.07 Å². The Labute approximate surface area is 145 Å². The zero-order valence-electron chi connectivity index (χ0n) is 13.6. The van der Waals surface area contributed by atoms with Gasteiger partial charge in [0.1, 0.15) is 5.75 Å². The first kappa shape index (κ1) is 18.0. The average molecular weight is 347 g/mol.